The lowest BCUT2D eigenvalue weighted by atomic mass is 9.96. The Morgan fingerprint density at radius 1 is 0.842 bits per heavy atom. The molecule has 2 rings (SSSR count). The van der Waals surface area contributed by atoms with Gasteiger partial charge in [-0.25, -0.2) is 4.79 Å². The molecule has 0 aliphatic heterocycles. The number of phenols is 1. The smallest absolute Gasteiger partial charge is 0.326 e. The van der Waals surface area contributed by atoms with Crippen LogP contribution in [0.4, 0.5) is 0 Å². The molecule has 0 fully saturated rings. The van der Waals surface area contributed by atoms with Crippen molar-refractivity contribution in [3.8, 4) is 5.75 Å². The number of nitrogens with one attached hydrogen (secondary N) is 3. The summed E-state index contributed by atoms with van der Waals surface area (Å²) in [6.07, 6.45) is 0.628. The van der Waals surface area contributed by atoms with Gasteiger partial charge in [-0.05, 0) is 29.2 Å². The number of carbonyl (C=O) groups excluding carboxylic acids is 3. The number of hydrogen-bond donors (Lipinski definition) is 7. The number of carboxylic acids is 1. The van der Waals surface area contributed by atoms with Gasteiger partial charge in [0.25, 0.3) is 0 Å². The number of phenolic OH excluding ortho intramolecular Hbond substituents is 1. The molecule has 0 saturated carbocycles. The van der Waals surface area contributed by atoms with E-state index in [1.165, 1.54) is 12.1 Å². The summed E-state index contributed by atoms with van der Waals surface area (Å²) in [5.41, 5.74) is 7.10. The predicted molar refractivity (Wildman–Crippen MR) is 147 cm³/mol. The van der Waals surface area contributed by atoms with Crippen LogP contribution >= 0.6 is 12.6 Å². The van der Waals surface area contributed by atoms with Crippen molar-refractivity contribution in [1.82, 2.24) is 16.0 Å². The van der Waals surface area contributed by atoms with Crippen molar-refractivity contribution < 1.29 is 29.4 Å². The van der Waals surface area contributed by atoms with E-state index in [1.54, 1.807) is 49.4 Å². The molecule has 3 amide bonds. The molecule has 0 radical (unpaired) electrons. The number of rotatable bonds is 14. The van der Waals surface area contributed by atoms with Crippen LogP contribution in [0.5, 0.6) is 5.75 Å². The molecule has 0 spiro atoms. The quantitative estimate of drug-likeness (QED) is 0.174. The number of amides is 3. The van der Waals surface area contributed by atoms with Gasteiger partial charge in [-0.15, -0.1) is 0 Å². The molecule has 0 aromatic heterocycles. The Balaban J connectivity index is 2.28. The molecule has 206 valence electrons. The summed E-state index contributed by atoms with van der Waals surface area (Å²) in [5.74, 6) is -3.23. The molecule has 5 atom stereocenters. The lowest BCUT2D eigenvalue weighted by Crippen LogP contribution is -2.59. The van der Waals surface area contributed by atoms with E-state index in [9.17, 15) is 29.4 Å². The van der Waals surface area contributed by atoms with Crippen LogP contribution in [0.15, 0.2) is 54.6 Å². The highest BCUT2D eigenvalue weighted by molar-refractivity contribution is 7.80. The van der Waals surface area contributed by atoms with Crippen LogP contribution in [0, 0.1) is 5.92 Å². The second kappa shape index (κ2) is 15.0. The van der Waals surface area contributed by atoms with Crippen molar-refractivity contribution in [2.24, 2.45) is 11.7 Å². The molecular weight excluding hydrogens is 508 g/mol. The Labute approximate surface area is 227 Å². The van der Waals surface area contributed by atoms with E-state index in [1.807, 2.05) is 6.92 Å². The maximum absolute atomic E-state index is 13.3. The van der Waals surface area contributed by atoms with Crippen molar-refractivity contribution in [2.45, 2.75) is 57.3 Å². The standard InChI is InChI=1S/C27H36N4O6S/c1-3-16(2)23(31-24(33)20(28)15-38)26(35)29-21(13-18-9-11-19(32)12-10-18)25(34)30-22(27(36)37)14-17-7-5-4-6-8-17/h4-12,16,20-23,32,38H,3,13-15,28H2,1-2H3,(H,29,35)(H,30,34)(H,31,33)(H,36,37). The summed E-state index contributed by atoms with van der Waals surface area (Å²) < 4.78 is 0. The topological polar surface area (TPSA) is 171 Å². The molecule has 0 aliphatic carbocycles. The molecule has 38 heavy (non-hydrogen) atoms. The minimum absolute atomic E-state index is 0.0207. The molecule has 10 nitrogen and oxygen atoms in total. The average molecular weight is 545 g/mol. The van der Waals surface area contributed by atoms with E-state index in [0.717, 1.165) is 5.56 Å². The van der Waals surface area contributed by atoms with Crippen LogP contribution in [0.25, 0.3) is 0 Å². The minimum atomic E-state index is -1.23. The van der Waals surface area contributed by atoms with Gasteiger partial charge in [-0.1, -0.05) is 62.7 Å². The van der Waals surface area contributed by atoms with Crippen molar-refractivity contribution in [3.63, 3.8) is 0 Å². The Hall–Kier alpha value is -3.57. The van der Waals surface area contributed by atoms with Gasteiger partial charge in [0, 0.05) is 18.6 Å². The molecule has 2 aromatic rings. The molecule has 0 aliphatic rings. The fourth-order valence-electron chi connectivity index (χ4n) is 3.71. The third-order valence-electron chi connectivity index (χ3n) is 6.23. The van der Waals surface area contributed by atoms with Crippen LogP contribution in [-0.4, -0.2) is 63.8 Å². The van der Waals surface area contributed by atoms with Gasteiger partial charge in [0.1, 0.15) is 23.9 Å². The van der Waals surface area contributed by atoms with E-state index < -0.39 is 47.9 Å². The summed E-state index contributed by atoms with van der Waals surface area (Å²) in [6, 6.07) is 10.7. The monoisotopic (exact) mass is 544 g/mol. The lowest BCUT2D eigenvalue weighted by molar-refractivity contribution is -0.142. The highest BCUT2D eigenvalue weighted by Crippen LogP contribution is 2.14. The summed E-state index contributed by atoms with van der Waals surface area (Å²) in [5, 5.41) is 27.2. The van der Waals surface area contributed by atoms with E-state index in [0.29, 0.717) is 12.0 Å². The minimum Gasteiger partial charge on any atom is -0.508 e. The normalized spacial score (nSPS) is 14.8. The zero-order valence-corrected chi connectivity index (χ0v) is 22.4. The second-order valence-corrected chi connectivity index (χ2v) is 9.55. The van der Waals surface area contributed by atoms with Crippen molar-refractivity contribution in [3.05, 3.63) is 65.7 Å². The number of carbonyl (C=O) groups is 4. The van der Waals surface area contributed by atoms with Gasteiger partial charge in [-0.3, -0.25) is 14.4 Å². The average Bonchev–Trinajstić information content (AvgIpc) is 2.91. The van der Waals surface area contributed by atoms with Gasteiger partial charge >= 0.3 is 5.97 Å². The number of nitrogens with two attached hydrogens (primary N) is 1. The van der Waals surface area contributed by atoms with Crippen molar-refractivity contribution in [1.29, 1.82) is 0 Å². The fraction of sp³-hybridized carbons (Fsp3) is 0.407. The SMILES string of the molecule is CCC(C)C(NC(=O)C(N)CS)C(=O)NC(Cc1ccc(O)cc1)C(=O)NC(Cc1ccccc1)C(=O)O. The first-order valence-corrected chi connectivity index (χ1v) is 13.0. The largest absolute Gasteiger partial charge is 0.508 e. The highest BCUT2D eigenvalue weighted by Gasteiger charge is 2.32. The maximum Gasteiger partial charge on any atom is 0.326 e. The van der Waals surface area contributed by atoms with Crippen molar-refractivity contribution in [2.75, 3.05) is 5.75 Å². The van der Waals surface area contributed by atoms with Crippen molar-refractivity contribution >= 4 is 36.3 Å². The fourth-order valence-corrected chi connectivity index (χ4v) is 3.87. The van der Waals surface area contributed by atoms with E-state index in [-0.39, 0.29) is 30.3 Å². The number of aliphatic carboxylic acids is 1. The molecule has 0 bridgehead atoms. The number of carboxylic acid groups (broad SMARTS) is 1. The molecule has 0 heterocycles. The molecular formula is C27H36N4O6S. The van der Waals surface area contributed by atoms with Crippen LogP contribution in [-0.2, 0) is 32.0 Å². The number of thiol groups is 1. The number of aromatic hydroxyl groups is 1. The van der Waals surface area contributed by atoms with E-state index in [4.69, 9.17) is 5.73 Å². The summed E-state index contributed by atoms with van der Waals surface area (Å²) >= 11 is 4.03. The van der Waals surface area contributed by atoms with E-state index >= 15 is 0 Å². The van der Waals surface area contributed by atoms with Crippen LogP contribution in [0.1, 0.15) is 31.4 Å². The Bertz CT molecular complexity index is 1080. The van der Waals surface area contributed by atoms with Gasteiger partial charge in [-0.2, -0.15) is 12.6 Å². The lowest BCUT2D eigenvalue weighted by Gasteiger charge is -2.28. The summed E-state index contributed by atoms with van der Waals surface area (Å²) in [7, 11) is 0. The zero-order valence-electron chi connectivity index (χ0n) is 21.5. The third kappa shape index (κ3) is 9.38. The van der Waals surface area contributed by atoms with E-state index in [2.05, 4.69) is 28.6 Å². The van der Waals surface area contributed by atoms with Gasteiger partial charge < -0.3 is 31.9 Å². The van der Waals surface area contributed by atoms with Crippen LogP contribution < -0.4 is 21.7 Å². The summed E-state index contributed by atoms with van der Waals surface area (Å²) in [6.45, 7) is 3.64. The first-order valence-electron chi connectivity index (χ1n) is 12.4. The Morgan fingerprint density at radius 2 is 1.39 bits per heavy atom. The third-order valence-corrected chi connectivity index (χ3v) is 6.63. The highest BCUT2D eigenvalue weighted by atomic mass is 32.1. The molecule has 7 N–H and O–H groups in total. The Kier molecular flexibility index (Phi) is 12.1. The van der Waals surface area contributed by atoms with Crippen LogP contribution in [0.3, 0.4) is 0 Å². The van der Waals surface area contributed by atoms with Crippen LogP contribution in [0.2, 0.25) is 0 Å². The first kappa shape index (κ1) is 30.7. The van der Waals surface area contributed by atoms with Gasteiger partial charge in [0.2, 0.25) is 17.7 Å². The predicted octanol–water partition coefficient (Wildman–Crippen LogP) is 1.02. The zero-order chi connectivity index (χ0) is 28.2. The molecule has 2 aromatic carbocycles. The van der Waals surface area contributed by atoms with Gasteiger partial charge in [0.05, 0.1) is 6.04 Å². The summed E-state index contributed by atoms with van der Waals surface area (Å²) in [4.78, 5) is 51.0. The van der Waals surface area contributed by atoms with Gasteiger partial charge in [0.15, 0.2) is 0 Å². The number of benzene rings is 2. The number of hydrogen-bond acceptors (Lipinski definition) is 7. The maximum atomic E-state index is 13.3. The molecule has 5 unspecified atom stereocenters. The molecule has 11 heteroatoms. The second-order valence-electron chi connectivity index (χ2n) is 9.18. The first-order chi connectivity index (χ1) is 18.0. The Morgan fingerprint density at radius 3 is 1.95 bits per heavy atom. The molecule has 0 saturated heterocycles.